The van der Waals surface area contributed by atoms with E-state index in [9.17, 15) is 14.4 Å². The van der Waals surface area contributed by atoms with Crippen LogP contribution in [0, 0.1) is 5.92 Å². The van der Waals surface area contributed by atoms with E-state index in [0.29, 0.717) is 31.6 Å². The van der Waals surface area contributed by atoms with Crippen LogP contribution in [0.2, 0.25) is 0 Å². The first kappa shape index (κ1) is 17.1. The molecule has 1 saturated heterocycles. The van der Waals surface area contributed by atoms with Crippen molar-refractivity contribution in [2.24, 2.45) is 5.92 Å². The molecule has 1 fully saturated rings. The van der Waals surface area contributed by atoms with Gasteiger partial charge in [0.25, 0.3) is 0 Å². The lowest BCUT2D eigenvalue weighted by molar-refractivity contribution is -0.140. The van der Waals surface area contributed by atoms with Crippen molar-refractivity contribution in [3.63, 3.8) is 0 Å². The lowest BCUT2D eigenvalue weighted by Gasteiger charge is -2.12. The summed E-state index contributed by atoms with van der Waals surface area (Å²) in [6.07, 6.45) is 3.84. The van der Waals surface area contributed by atoms with Gasteiger partial charge in [0.15, 0.2) is 0 Å². The molecule has 0 bridgehead atoms. The van der Waals surface area contributed by atoms with Gasteiger partial charge in [0.1, 0.15) is 5.69 Å². The highest BCUT2D eigenvalue weighted by Crippen LogP contribution is 2.23. The Kier molecular flexibility index (Phi) is 5.84. The molecule has 1 N–H and O–H groups in total. The molecule has 2 rings (SSSR count). The molecule has 126 valence electrons. The molecule has 2 heterocycles. The second-order valence-electron chi connectivity index (χ2n) is 5.70. The molecule has 8 nitrogen and oxygen atoms in total. The third-order valence-corrected chi connectivity index (χ3v) is 3.88. The minimum Gasteiger partial charge on any atom is -0.356 e. The zero-order chi connectivity index (χ0) is 16.8. The average Bonchev–Trinajstić information content (AvgIpc) is 3.10. The summed E-state index contributed by atoms with van der Waals surface area (Å²) in [5.74, 6) is -0.527. The van der Waals surface area contributed by atoms with Gasteiger partial charge in [0.2, 0.25) is 17.7 Å². The van der Waals surface area contributed by atoms with E-state index in [2.05, 4.69) is 15.6 Å². The quantitative estimate of drug-likeness (QED) is 0.702. The fraction of sp³-hybridized carbons (Fsp3) is 0.667. The molecule has 1 aromatic heterocycles. The summed E-state index contributed by atoms with van der Waals surface area (Å²) in [7, 11) is 0. The fourth-order valence-corrected chi connectivity index (χ4v) is 2.49. The van der Waals surface area contributed by atoms with E-state index in [4.69, 9.17) is 0 Å². The van der Waals surface area contributed by atoms with Gasteiger partial charge in [-0.2, -0.15) is 0 Å². The number of nitrogens with one attached hydrogen (secondary N) is 1. The number of amides is 3. The first-order valence-corrected chi connectivity index (χ1v) is 8.05. The summed E-state index contributed by atoms with van der Waals surface area (Å²) in [5, 5.41) is 10.7. The highest BCUT2D eigenvalue weighted by Gasteiger charge is 2.37. The predicted molar refractivity (Wildman–Crippen MR) is 81.9 cm³/mol. The largest absolute Gasteiger partial charge is 0.356 e. The van der Waals surface area contributed by atoms with Gasteiger partial charge in [0.05, 0.1) is 19.3 Å². The molecular weight excluding hydrogens is 298 g/mol. The lowest BCUT2D eigenvalue weighted by atomic mass is 10.1. The van der Waals surface area contributed by atoms with Crippen molar-refractivity contribution in [1.29, 1.82) is 0 Å². The zero-order valence-corrected chi connectivity index (χ0v) is 13.6. The van der Waals surface area contributed by atoms with Crippen molar-refractivity contribution in [3.8, 4) is 0 Å². The summed E-state index contributed by atoms with van der Waals surface area (Å²) in [4.78, 5) is 36.7. The van der Waals surface area contributed by atoms with Crippen LogP contribution < -0.4 is 5.32 Å². The van der Waals surface area contributed by atoms with E-state index in [0.717, 1.165) is 6.42 Å². The molecule has 0 radical (unpaired) electrons. The fourth-order valence-electron chi connectivity index (χ4n) is 2.49. The van der Waals surface area contributed by atoms with Crippen molar-refractivity contribution in [2.75, 3.05) is 6.54 Å². The number of hydrogen-bond acceptors (Lipinski definition) is 5. The van der Waals surface area contributed by atoms with Gasteiger partial charge in [0, 0.05) is 25.3 Å². The summed E-state index contributed by atoms with van der Waals surface area (Å²) in [5.41, 5.74) is 0.553. The van der Waals surface area contributed by atoms with E-state index in [1.165, 1.54) is 4.90 Å². The molecule has 1 atom stereocenters. The average molecular weight is 321 g/mol. The minimum atomic E-state index is -0.209. The summed E-state index contributed by atoms with van der Waals surface area (Å²) in [6.45, 7) is 5.13. The van der Waals surface area contributed by atoms with Gasteiger partial charge in [-0.15, -0.1) is 5.10 Å². The number of aromatic nitrogens is 3. The Balaban J connectivity index is 1.86. The van der Waals surface area contributed by atoms with Crippen LogP contribution in [0.5, 0.6) is 0 Å². The Labute approximate surface area is 135 Å². The van der Waals surface area contributed by atoms with Crippen LogP contribution >= 0.6 is 0 Å². The third-order valence-electron chi connectivity index (χ3n) is 3.88. The summed E-state index contributed by atoms with van der Waals surface area (Å²) in [6, 6.07) is 0. The van der Waals surface area contributed by atoms with Crippen LogP contribution in [0.15, 0.2) is 6.20 Å². The van der Waals surface area contributed by atoms with Gasteiger partial charge < -0.3 is 5.32 Å². The molecule has 1 aliphatic rings. The maximum Gasteiger partial charge on any atom is 0.233 e. The molecule has 1 aliphatic heterocycles. The Morgan fingerprint density at radius 1 is 1.39 bits per heavy atom. The molecule has 0 saturated carbocycles. The van der Waals surface area contributed by atoms with Crippen LogP contribution in [0.3, 0.4) is 0 Å². The van der Waals surface area contributed by atoms with Crippen LogP contribution in [-0.2, 0) is 27.5 Å². The van der Waals surface area contributed by atoms with Crippen molar-refractivity contribution in [1.82, 2.24) is 25.2 Å². The predicted octanol–water partition coefficient (Wildman–Crippen LogP) is 0.480. The smallest absolute Gasteiger partial charge is 0.233 e. The van der Waals surface area contributed by atoms with Gasteiger partial charge in [-0.1, -0.05) is 19.1 Å². The second kappa shape index (κ2) is 7.85. The molecule has 0 aromatic carbocycles. The van der Waals surface area contributed by atoms with Crippen LogP contribution in [-0.4, -0.2) is 44.2 Å². The molecule has 3 amide bonds. The number of nitrogens with zero attached hydrogens (tertiary/aromatic N) is 4. The monoisotopic (exact) mass is 321 g/mol. The Morgan fingerprint density at radius 2 is 2.17 bits per heavy atom. The van der Waals surface area contributed by atoms with E-state index in [1.54, 1.807) is 10.9 Å². The van der Waals surface area contributed by atoms with Crippen molar-refractivity contribution >= 4 is 17.7 Å². The first-order chi connectivity index (χ1) is 11.0. The number of aryl methyl sites for hydroxylation is 1. The molecular formula is C15H23N5O3. The van der Waals surface area contributed by atoms with Gasteiger partial charge in [-0.05, 0) is 12.8 Å². The van der Waals surface area contributed by atoms with E-state index in [1.807, 2.05) is 13.8 Å². The number of rotatable bonds is 8. The zero-order valence-electron chi connectivity index (χ0n) is 13.6. The third kappa shape index (κ3) is 4.37. The Bertz CT molecular complexity index is 583. The minimum absolute atomic E-state index is 0.0282. The first-order valence-electron chi connectivity index (χ1n) is 8.05. The van der Waals surface area contributed by atoms with E-state index in [-0.39, 0.29) is 36.6 Å². The van der Waals surface area contributed by atoms with Crippen LogP contribution in [0.4, 0.5) is 0 Å². The van der Waals surface area contributed by atoms with Crippen molar-refractivity contribution in [3.05, 3.63) is 11.9 Å². The van der Waals surface area contributed by atoms with Crippen molar-refractivity contribution < 1.29 is 14.4 Å². The lowest BCUT2D eigenvalue weighted by Crippen LogP contribution is -2.30. The number of hydrogen-bond donors (Lipinski definition) is 1. The molecule has 1 aromatic rings. The number of likely N-dealkylation sites (tertiary alicyclic amines) is 1. The standard InChI is InChI=1S/C15H23N5O3/c1-3-6-16-13(21)5-7-19-9-12(17-18-19)10-20-14(22)8-11(4-2)15(20)23/h9,11H,3-8,10H2,1-2H3,(H,16,21). The maximum absolute atomic E-state index is 12.1. The number of carbonyl (C=O) groups excluding carboxylic acids is 3. The Hall–Kier alpha value is -2.25. The van der Waals surface area contributed by atoms with Crippen molar-refractivity contribution in [2.45, 2.75) is 52.6 Å². The highest BCUT2D eigenvalue weighted by atomic mass is 16.2. The second-order valence-corrected chi connectivity index (χ2v) is 5.70. The molecule has 0 spiro atoms. The van der Waals surface area contributed by atoms with E-state index < -0.39 is 0 Å². The number of imide groups is 1. The summed E-state index contributed by atoms with van der Waals surface area (Å²) >= 11 is 0. The maximum atomic E-state index is 12.1. The van der Waals surface area contributed by atoms with Gasteiger partial charge in [-0.3, -0.25) is 24.0 Å². The normalized spacial score (nSPS) is 17.8. The topological polar surface area (TPSA) is 97.2 Å². The van der Waals surface area contributed by atoms with Gasteiger partial charge >= 0.3 is 0 Å². The molecule has 1 unspecified atom stereocenters. The molecule has 23 heavy (non-hydrogen) atoms. The SMILES string of the molecule is CCCNC(=O)CCn1cc(CN2C(=O)CC(CC)C2=O)nn1. The molecule has 8 heteroatoms. The Morgan fingerprint density at radius 3 is 2.83 bits per heavy atom. The van der Waals surface area contributed by atoms with E-state index >= 15 is 0 Å². The number of carbonyl (C=O) groups is 3. The summed E-state index contributed by atoms with van der Waals surface area (Å²) < 4.78 is 1.56. The molecule has 0 aliphatic carbocycles. The van der Waals surface area contributed by atoms with Crippen LogP contribution in [0.25, 0.3) is 0 Å². The van der Waals surface area contributed by atoms with Crippen LogP contribution in [0.1, 0.15) is 45.2 Å². The highest BCUT2D eigenvalue weighted by molar-refractivity contribution is 6.03. The van der Waals surface area contributed by atoms with Gasteiger partial charge in [-0.25, -0.2) is 0 Å².